The Kier molecular flexibility index (Phi) is 4.78. The number of hydrogen-bond acceptors (Lipinski definition) is 5. The molecule has 0 spiro atoms. The van der Waals surface area contributed by atoms with E-state index in [4.69, 9.17) is 4.74 Å². The van der Waals surface area contributed by atoms with E-state index >= 15 is 0 Å². The monoisotopic (exact) mass is 394 g/mol. The zero-order valence-electron chi connectivity index (χ0n) is 15.0. The number of rotatable bonds is 4. The highest BCUT2D eigenvalue weighted by Gasteiger charge is 2.16. The first-order chi connectivity index (χ1) is 14.0. The second-order valence-corrected chi connectivity index (χ2v) is 6.33. The Balaban J connectivity index is 1.46. The first kappa shape index (κ1) is 18.4. The highest BCUT2D eigenvalue weighted by atomic mass is 19.1. The molecule has 0 fully saturated rings. The van der Waals surface area contributed by atoms with Crippen molar-refractivity contribution >= 4 is 17.5 Å². The number of halogens is 1. The van der Waals surface area contributed by atoms with Crippen molar-refractivity contribution in [2.75, 3.05) is 11.9 Å². The highest BCUT2D eigenvalue weighted by Crippen LogP contribution is 2.28. The first-order valence-corrected chi connectivity index (χ1v) is 8.68. The zero-order chi connectivity index (χ0) is 20.4. The van der Waals surface area contributed by atoms with Crippen LogP contribution in [-0.2, 0) is 11.3 Å². The van der Waals surface area contributed by atoms with Gasteiger partial charge in [-0.15, -0.1) is 0 Å². The van der Waals surface area contributed by atoms with Gasteiger partial charge in [0.15, 0.2) is 12.4 Å². The summed E-state index contributed by atoms with van der Waals surface area (Å²) in [5, 5.41) is 5.34. The maximum atomic E-state index is 13.0. The summed E-state index contributed by atoms with van der Waals surface area (Å²) in [6.07, 6.45) is 1.27. The Morgan fingerprint density at radius 1 is 1.17 bits per heavy atom. The van der Waals surface area contributed by atoms with Crippen molar-refractivity contribution in [2.24, 2.45) is 0 Å². The fourth-order valence-corrected chi connectivity index (χ4v) is 2.85. The molecule has 0 radical (unpaired) electrons. The summed E-state index contributed by atoms with van der Waals surface area (Å²) in [7, 11) is 0. The predicted molar refractivity (Wildman–Crippen MR) is 102 cm³/mol. The van der Waals surface area contributed by atoms with Crippen LogP contribution in [0.4, 0.5) is 10.1 Å². The fourth-order valence-electron chi connectivity index (χ4n) is 2.85. The van der Waals surface area contributed by atoms with Gasteiger partial charge in [-0.3, -0.25) is 14.4 Å². The largest absolute Gasteiger partial charge is 0.482 e. The normalized spacial score (nSPS) is 12.5. The molecule has 1 aliphatic heterocycles. The number of H-pyrrole nitrogens is 1. The Bertz CT molecular complexity index is 1160. The van der Waals surface area contributed by atoms with Gasteiger partial charge < -0.3 is 20.4 Å². The van der Waals surface area contributed by atoms with Crippen molar-refractivity contribution in [2.45, 2.75) is 6.54 Å². The fraction of sp³-hybridized carbons (Fsp3) is 0.100. The van der Waals surface area contributed by atoms with Crippen LogP contribution in [-0.4, -0.2) is 28.4 Å². The maximum Gasteiger partial charge on any atom is 0.287 e. The Morgan fingerprint density at radius 3 is 2.72 bits per heavy atom. The topological polar surface area (TPSA) is 113 Å². The van der Waals surface area contributed by atoms with E-state index in [-0.39, 0.29) is 30.4 Å². The van der Waals surface area contributed by atoms with Gasteiger partial charge in [0.1, 0.15) is 11.6 Å². The third kappa shape index (κ3) is 3.98. The standard InChI is InChI=1S/C20H15FN4O4/c21-13-4-2-12(3-5-13)14-9-22-18(25-19(14)27)20(28)23-8-11-1-6-16-15(7-11)24-17(26)10-29-16/h1-7,9H,8,10H2,(H,23,28)(H,24,26)(H,22,25,27). The average Bonchev–Trinajstić information content (AvgIpc) is 2.72. The van der Waals surface area contributed by atoms with Gasteiger partial charge in [-0.1, -0.05) is 18.2 Å². The van der Waals surface area contributed by atoms with Crippen LogP contribution in [0.5, 0.6) is 5.75 Å². The predicted octanol–water partition coefficient (Wildman–Crippen LogP) is 1.84. The molecule has 4 rings (SSSR count). The molecule has 0 atom stereocenters. The second-order valence-electron chi connectivity index (χ2n) is 6.33. The molecule has 0 bridgehead atoms. The van der Waals surface area contributed by atoms with E-state index in [1.54, 1.807) is 18.2 Å². The SMILES string of the molecule is O=C1COc2ccc(CNC(=O)c3ncc(-c4ccc(F)cc4)c(=O)[nH]3)cc2N1. The quantitative estimate of drug-likeness (QED) is 0.625. The van der Waals surface area contributed by atoms with Gasteiger partial charge in [0.2, 0.25) is 0 Å². The number of ether oxygens (including phenoxy) is 1. The number of amides is 2. The number of aromatic nitrogens is 2. The van der Waals surface area contributed by atoms with Gasteiger partial charge in [-0.05, 0) is 35.4 Å². The lowest BCUT2D eigenvalue weighted by Crippen LogP contribution is -2.28. The third-order valence-corrected chi connectivity index (χ3v) is 4.30. The number of benzene rings is 2. The molecule has 0 saturated carbocycles. The maximum absolute atomic E-state index is 13.0. The summed E-state index contributed by atoms with van der Waals surface area (Å²) < 4.78 is 18.3. The molecule has 0 unspecified atom stereocenters. The smallest absolute Gasteiger partial charge is 0.287 e. The molecule has 29 heavy (non-hydrogen) atoms. The lowest BCUT2D eigenvalue weighted by atomic mass is 10.1. The molecular weight excluding hydrogens is 379 g/mol. The second kappa shape index (κ2) is 7.55. The Morgan fingerprint density at radius 2 is 1.97 bits per heavy atom. The lowest BCUT2D eigenvalue weighted by Gasteiger charge is -2.18. The molecule has 2 aromatic carbocycles. The first-order valence-electron chi connectivity index (χ1n) is 8.68. The molecule has 146 valence electrons. The van der Waals surface area contributed by atoms with Crippen molar-refractivity contribution in [1.29, 1.82) is 0 Å². The summed E-state index contributed by atoms with van der Waals surface area (Å²) in [4.78, 5) is 42.4. The van der Waals surface area contributed by atoms with Crippen molar-refractivity contribution in [3.05, 3.63) is 76.2 Å². The van der Waals surface area contributed by atoms with E-state index in [1.807, 2.05) is 0 Å². The minimum absolute atomic E-state index is 0.0317. The molecule has 3 aromatic rings. The van der Waals surface area contributed by atoms with E-state index in [0.717, 1.165) is 5.56 Å². The van der Waals surface area contributed by atoms with Crippen LogP contribution in [0.2, 0.25) is 0 Å². The zero-order valence-corrected chi connectivity index (χ0v) is 15.0. The van der Waals surface area contributed by atoms with Gasteiger partial charge >= 0.3 is 0 Å². The van der Waals surface area contributed by atoms with Crippen molar-refractivity contribution in [1.82, 2.24) is 15.3 Å². The lowest BCUT2D eigenvalue weighted by molar-refractivity contribution is -0.118. The minimum Gasteiger partial charge on any atom is -0.482 e. The number of carbonyl (C=O) groups excluding carboxylic acids is 2. The molecule has 2 amide bonds. The molecule has 1 aliphatic rings. The van der Waals surface area contributed by atoms with Crippen molar-refractivity contribution in [3.63, 3.8) is 0 Å². The van der Waals surface area contributed by atoms with Crippen molar-refractivity contribution < 1.29 is 18.7 Å². The molecule has 9 heteroatoms. The number of aromatic amines is 1. The third-order valence-electron chi connectivity index (χ3n) is 4.30. The van der Waals surface area contributed by atoms with Gasteiger partial charge in [0.05, 0.1) is 11.3 Å². The van der Waals surface area contributed by atoms with Crippen LogP contribution < -0.4 is 20.9 Å². The van der Waals surface area contributed by atoms with Crippen LogP contribution >= 0.6 is 0 Å². The molecular formula is C20H15FN4O4. The highest BCUT2D eigenvalue weighted by molar-refractivity contribution is 5.95. The Hall–Kier alpha value is -4.01. The summed E-state index contributed by atoms with van der Waals surface area (Å²) >= 11 is 0. The summed E-state index contributed by atoms with van der Waals surface area (Å²) in [6, 6.07) is 10.5. The number of hydrogen-bond donors (Lipinski definition) is 3. The molecule has 0 aliphatic carbocycles. The molecule has 2 heterocycles. The molecule has 3 N–H and O–H groups in total. The van der Waals surface area contributed by atoms with E-state index in [9.17, 15) is 18.8 Å². The molecule has 0 saturated heterocycles. The number of anilines is 1. The van der Waals surface area contributed by atoms with Crippen LogP contribution in [0.25, 0.3) is 11.1 Å². The number of carbonyl (C=O) groups is 2. The van der Waals surface area contributed by atoms with E-state index in [0.29, 0.717) is 17.0 Å². The summed E-state index contributed by atoms with van der Waals surface area (Å²) in [5.74, 6) is -0.813. The van der Waals surface area contributed by atoms with Crippen LogP contribution in [0, 0.1) is 5.82 Å². The van der Waals surface area contributed by atoms with Crippen LogP contribution in [0.1, 0.15) is 16.2 Å². The van der Waals surface area contributed by atoms with E-state index < -0.39 is 17.3 Å². The van der Waals surface area contributed by atoms with Crippen LogP contribution in [0.15, 0.2) is 53.5 Å². The molecule has 8 nitrogen and oxygen atoms in total. The average molecular weight is 394 g/mol. The summed E-state index contributed by atoms with van der Waals surface area (Å²) in [6.45, 7) is 0.126. The summed E-state index contributed by atoms with van der Waals surface area (Å²) in [5.41, 5.74) is 1.47. The number of nitrogens with one attached hydrogen (secondary N) is 3. The van der Waals surface area contributed by atoms with Gasteiger partial charge in [0.25, 0.3) is 17.4 Å². The van der Waals surface area contributed by atoms with Gasteiger partial charge in [-0.2, -0.15) is 0 Å². The van der Waals surface area contributed by atoms with E-state index in [1.165, 1.54) is 30.5 Å². The van der Waals surface area contributed by atoms with Crippen LogP contribution in [0.3, 0.4) is 0 Å². The van der Waals surface area contributed by atoms with Gasteiger partial charge in [-0.25, -0.2) is 9.37 Å². The molecule has 1 aromatic heterocycles. The Labute approximate surface area is 163 Å². The van der Waals surface area contributed by atoms with Gasteiger partial charge in [0, 0.05) is 12.7 Å². The minimum atomic E-state index is -0.564. The van der Waals surface area contributed by atoms with Crippen molar-refractivity contribution in [3.8, 4) is 16.9 Å². The number of fused-ring (bicyclic) bond motifs is 1. The number of nitrogens with zero attached hydrogens (tertiary/aromatic N) is 1. The van der Waals surface area contributed by atoms with E-state index in [2.05, 4.69) is 20.6 Å².